The van der Waals surface area contributed by atoms with Crippen LogP contribution >= 0.6 is 0 Å². The minimum absolute atomic E-state index is 0.171. The van der Waals surface area contributed by atoms with Crippen LogP contribution in [0.15, 0.2) is 48.7 Å². The molecule has 1 aromatic heterocycles. The molecule has 0 saturated heterocycles. The summed E-state index contributed by atoms with van der Waals surface area (Å²) >= 11 is 0. The third-order valence-electron chi connectivity index (χ3n) is 2.56. The van der Waals surface area contributed by atoms with E-state index in [1.165, 1.54) is 0 Å². The molecule has 20 heavy (non-hydrogen) atoms. The van der Waals surface area contributed by atoms with Gasteiger partial charge in [0.1, 0.15) is 0 Å². The third kappa shape index (κ3) is 3.41. The molecule has 0 bridgehead atoms. The third-order valence-corrected chi connectivity index (χ3v) is 2.56. The molecular weight excluding hydrogens is 256 g/mol. The summed E-state index contributed by atoms with van der Waals surface area (Å²) in [6.45, 7) is 1.82. The number of pyridine rings is 1. The molecule has 0 aliphatic carbocycles. The van der Waals surface area contributed by atoms with Gasteiger partial charge in [0.05, 0.1) is 12.3 Å². The maximum atomic E-state index is 11.5. The molecule has 0 radical (unpaired) electrons. The molecule has 1 N–H and O–H groups in total. The van der Waals surface area contributed by atoms with E-state index >= 15 is 0 Å². The van der Waals surface area contributed by atoms with Crippen LogP contribution in [-0.2, 0) is 14.3 Å². The summed E-state index contributed by atoms with van der Waals surface area (Å²) in [7, 11) is 0. The standard InChI is InChI=1S/C15H14N2O3/c1-2-20-15(19)14(18)17-12-8-6-11(7-9-12)13-5-3-4-10-16-13/h3-10H,2H2,1H3,(H,17,18). The van der Waals surface area contributed by atoms with Gasteiger partial charge < -0.3 is 10.1 Å². The Kier molecular flexibility index (Phi) is 4.44. The first-order valence-electron chi connectivity index (χ1n) is 6.20. The number of anilines is 1. The molecule has 1 aromatic carbocycles. The largest absolute Gasteiger partial charge is 0.459 e. The van der Waals surface area contributed by atoms with E-state index in [1.54, 1.807) is 25.3 Å². The number of benzene rings is 1. The fourth-order valence-electron chi connectivity index (χ4n) is 1.64. The fraction of sp³-hybridized carbons (Fsp3) is 0.133. The van der Waals surface area contributed by atoms with Gasteiger partial charge in [-0.25, -0.2) is 4.79 Å². The van der Waals surface area contributed by atoms with Crippen molar-refractivity contribution in [3.05, 3.63) is 48.7 Å². The lowest BCUT2D eigenvalue weighted by Gasteiger charge is -2.06. The molecule has 1 amide bonds. The van der Waals surface area contributed by atoms with Crippen molar-refractivity contribution >= 4 is 17.6 Å². The molecule has 0 spiro atoms. The highest BCUT2D eigenvalue weighted by atomic mass is 16.5. The van der Waals surface area contributed by atoms with Crippen molar-refractivity contribution in [2.75, 3.05) is 11.9 Å². The van der Waals surface area contributed by atoms with Crippen LogP contribution in [0, 0.1) is 0 Å². The van der Waals surface area contributed by atoms with Crippen molar-refractivity contribution in [1.29, 1.82) is 0 Å². The summed E-state index contributed by atoms with van der Waals surface area (Å²) in [5, 5.41) is 2.47. The number of amides is 1. The van der Waals surface area contributed by atoms with Crippen molar-refractivity contribution in [2.45, 2.75) is 6.92 Å². The van der Waals surface area contributed by atoms with Crippen LogP contribution in [0.4, 0.5) is 5.69 Å². The monoisotopic (exact) mass is 270 g/mol. The Morgan fingerprint density at radius 1 is 1.15 bits per heavy atom. The summed E-state index contributed by atoms with van der Waals surface area (Å²) in [5.74, 6) is -1.67. The van der Waals surface area contributed by atoms with E-state index in [0.29, 0.717) is 5.69 Å². The first-order valence-corrected chi connectivity index (χ1v) is 6.20. The average molecular weight is 270 g/mol. The maximum Gasteiger partial charge on any atom is 0.397 e. The van der Waals surface area contributed by atoms with E-state index in [-0.39, 0.29) is 6.61 Å². The molecule has 5 nitrogen and oxygen atoms in total. The van der Waals surface area contributed by atoms with Crippen LogP contribution < -0.4 is 5.32 Å². The molecule has 0 unspecified atom stereocenters. The number of rotatable bonds is 3. The van der Waals surface area contributed by atoms with Gasteiger partial charge >= 0.3 is 11.9 Å². The van der Waals surface area contributed by atoms with Crippen molar-refractivity contribution in [3.8, 4) is 11.3 Å². The van der Waals surface area contributed by atoms with Gasteiger partial charge in [-0.1, -0.05) is 18.2 Å². The SMILES string of the molecule is CCOC(=O)C(=O)Nc1ccc(-c2ccccn2)cc1. The average Bonchev–Trinajstić information content (AvgIpc) is 2.49. The number of nitrogens with one attached hydrogen (secondary N) is 1. The molecule has 0 fully saturated rings. The number of hydrogen-bond acceptors (Lipinski definition) is 4. The molecule has 5 heteroatoms. The van der Waals surface area contributed by atoms with Gasteiger partial charge in [-0.2, -0.15) is 0 Å². The molecular formula is C15H14N2O3. The van der Waals surface area contributed by atoms with Gasteiger partial charge in [0.2, 0.25) is 0 Å². The van der Waals surface area contributed by atoms with Crippen LogP contribution in [0.2, 0.25) is 0 Å². The number of hydrogen-bond donors (Lipinski definition) is 1. The van der Waals surface area contributed by atoms with Crippen molar-refractivity contribution in [2.24, 2.45) is 0 Å². The smallest absolute Gasteiger partial charge is 0.397 e. The second-order valence-corrected chi connectivity index (χ2v) is 3.97. The summed E-state index contributed by atoms with van der Waals surface area (Å²) in [6, 6.07) is 12.7. The van der Waals surface area contributed by atoms with E-state index in [1.807, 2.05) is 30.3 Å². The number of aromatic nitrogens is 1. The molecule has 1 heterocycles. The van der Waals surface area contributed by atoms with E-state index in [9.17, 15) is 9.59 Å². The second kappa shape index (κ2) is 6.47. The van der Waals surface area contributed by atoms with E-state index in [0.717, 1.165) is 11.3 Å². The lowest BCUT2D eigenvalue weighted by atomic mass is 10.1. The fourth-order valence-corrected chi connectivity index (χ4v) is 1.64. The number of esters is 1. The van der Waals surface area contributed by atoms with Crippen LogP contribution in [0.5, 0.6) is 0 Å². The van der Waals surface area contributed by atoms with Gasteiger partial charge in [0, 0.05) is 17.4 Å². The number of carbonyl (C=O) groups is 2. The minimum Gasteiger partial charge on any atom is -0.459 e. The zero-order valence-electron chi connectivity index (χ0n) is 11.0. The van der Waals surface area contributed by atoms with Crippen molar-refractivity contribution < 1.29 is 14.3 Å². The summed E-state index contributed by atoms with van der Waals surface area (Å²) < 4.78 is 4.61. The zero-order chi connectivity index (χ0) is 14.4. The Labute approximate surface area is 116 Å². The predicted molar refractivity (Wildman–Crippen MR) is 74.9 cm³/mol. The Balaban J connectivity index is 2.06. The van der Waals surface area contributed by atoms with Crippen LogP contribution in [0.3, 0.4) is 0 Å². The zero-order valence-corrected chi connectivity index (χ0v) is 11.0. The molecule has 0 atom stereocenters. The van der Waals surface area contributed by atoms with Gasteiger partial charge in [-0.05, 0) is 31.2 Å². The van der Waals surface area contributed by atoms with Crippen molar-refractivity contribution in [3.63, 3.8) is 0 Å². The lowest BCUT2D eigenvalue weighted by molar-refractivity contribution is -0.152. The van der Waals surface area contributed by atoms with Gasteiger partial charge in [0.15, 0.2) is 0 Å². The Morgan fingerprint density at radius 2 is 1.90 bits per heavy atom. The first-order chi connectivity index (χ1) is 9.70. The minimum atomic E-state index is -0.888. The predicted octanol–water partition coefficient (Wildman–Crippen LogP) is 2.25. The lowest BCUT2D eigenvalue weighted by Crippen LogP contribution is -2.24. The first kappa shape index (κ1) is 13.7. The Bertz CT molecular complexity index is 594. The van der Waals surface area contributed by atoms with Crippen LogP contribution in [0.1, 0.15) is 6.92 Å². The number of carbonyl (C=O) groups excluding carboxylic acids is 2. The Morgan fingerprint density at radius 3 is 2.50 bits per heavy atom. The number of nitrogens with zero attached hydrogens (tertiary/aromatic N) is 1. The molecule has 0 saturated carbocycles. The summed E-state index contributed by atoms with van der Waals surface area (Å²) in [6.07, 6.45) is 1.71. The molecule has 2 rings (SSSR count). The quantitative estimate of drug-likeness (QED) is 0.686. The molecule has 102 valence electrons. The van der Waals surface area contributed by atoms with Gasteiger partial charge in [-0.15, -0.1) is 0 Å². The molecule has 2 aromatic rings. The summed E-state index contributed by atoms with van der Waals surface area (Å²) in [4.78, 5) is 26.9. The number of ether oxygens (including phenoxy) is 1. The highest BCUT2D eigenvalue weighted by Gasteiger charge is 2.14. The van der Waals surface area contributed by atoms with Gasteiger partial charge in [0.25, 0.3) is 0 Å². The summed E-state index contributed by atoms with van der Waals surface area (Å²) in [5.41, 5.74) is 2.30. The van der Waals surface area contributed by atoms with E-state index in [2.05, 4.69) is 15.0 Å². The highest BCUT2D eigenvalue weighted by molar-refractivity contribution is 6.37. The van der Waals surface area contributed by atoms with Crippen LogP contribution in [0.25, 0.3) is 11.3 Å². The topological polar surface area (TPSA) is 68.3 Å². The Hall–Kier alpha value is -2.69. The van der Waals surface area contributed by atoms with E-state index < -0.39 is 11.9 Å². The normalized spacial score (nSPS) is 9.85. The van der Waals surface area contributed by atoms with E-state index in [4.69, 9.17) is 0 Å². The van der Waals surface area contributed by atoms with Gasteiger partial charge in [-0.3, -0.25) is 9.78 Å². The molecule has 0 aliphatic rings. The maximum absolute atomic E-state index is 11.5. The second-order valence-electron chi connectivity index (χ2n) is 3.97. The molecule has 0 aliphatic heterocycles. The highest BCUT2D eigenvalue weighted by Crippen LogP contribution is 2.18. The van der Waals surface area contributed by atoms with Crippen LogP contribution in [-0.4, -0.2) is 23.5 Å². The van der Waals surface area contributed by atoms with Crippen molar-refractivity contribution in [1.82, 2.24) is 4.98 Å².